The topological polar surface area (TPSA) is 26.3 Å². The summed E-state index contributed by atoms with van der Waals surface area (Å²) < 4.78 is 19.1. The Morgan fingerprint density at radius 2 is 1.67 bits per heavy atom. The zero-order valence-electron chi connectivity index (χ0n) is 10.8. The van der Waals surface area contributed by atoms with Crippen LogP contribution in [0.4, 0.5) is 4.39 Å². The highest BCUT2D eigenvalue weighted by molar-refractivity contribution is 9.10. The van der Waals surface area contributed by atoms with E-state index in [1.807, 2.05) is 24.3 Å². The second-order valence-corrected chi connectivity index (χ2v) is 5.47. The lowest BCUT2D eigenvalue weighted by molar-refractivity contribution is -0.130. The van der Waals surface area contributed by atoms with E-state index in [1.54, 1.807) is 24.3 Å². The molecule has 1 aliphatic heterocycles. The second kappa shape index (κ2) is 5.66. The maximum Gasteiger partial charge on any atom is 0.343 e. The van der Waals surface area contributed by atoms with Gasteiger partial charge in [0.1, 0.15) is 11.6 Å². The molecule has 0 atom stereocenters. The van der Waals surface area contributed by atoms with Crippen LogP contribution in [0.1, 0.15) is 11.1 Å². The Morgan fingerprint density at radius 3 is 2.33 bits per heavy atom. The third kappa shape index (κ3) is 3.11. The molecule has 1 heterocycles. The molecular weight excluding hydrogens is 335 g/mol. The molecule has 0 N–H and O–H groups in total. The molecule has 0 unspecified atom stereocenters. The van der Waals surface area contributed by atoms with Crippen molar-refractivity contribution in [3.8, 4) is 0 Å². The Labute approximate surface area is 129 Å². The molecule has 3 rings (SSSR count). The number of carbonyl (C=O) groups is 1. The summed E-state index contributed by atoms with van der Waals surface area (Å²) in [4.78, 5) is 11.9. The summed E-state index contributed by atoms with van der Waals surface area (Å²) in [5, 5.41) is 0. The first-order valence-electron chi connectivity index (χ1n) is 6.29. The van der Waals surface area contributed by atoms with E-state index in [2.05, 4.69) is 15.9 Å². The molecule has 0 fully saturated rings. The van der Waals surface area contributed by atoms with Crippen molar-refractivity contribution < 1.29 is 13.9 Å². The minimum absolute atomic E-state index is 0.308. The largest absolute Gasteiger partial charge is 0.422 e. The summed E-state index contributed by atoms with van der Waals surface area (Å²) >= 11 is 3.36. The fourth-order valence-corrected chi connectivity index (χ4v) is 2.25. The molecule has 0 aliphatic carbocycles. The molecule has 2 aromatic carbocycles. The fourth-order valence-electron chi connectivity index (χ4n) is 1.98. The number of halogens is 2. The normalized spacial score (nSPS) is 16.0. The lowest BCUT2D eigenvalue weighted by atomic mass is 10.1. The Balaban J connectivity index is 1.91. The first-order valence-corrected chi connectivity index (χ1v) is 7.08. The van der Waals surface area contributed by atoms with Gasteiger partial charge in [-0.3, -0.25) is 0 Å². The van der Waals surface area contributed by atoms with E-state index in [1.165, 1.54) is 12.1 Å². The molecule has 0 saturated heterocycles. The van der Waals surface area contributed by atoms with Crippen LogP contribution in [0.2, 0.25) is 0 Å². The van der Waals surface area contributed by atoms with Gasteiger partial charge in [0, 0.05) is 10.0 Å². The number of benzene rings is 2. The number of ether oxygens (including phenoxy) is 1. The van der Waals surface area contributed by atoms with Crippen molar-refractivity contribution in [3.63, 3.8) is 0 Å². The highest BCUT2D eigenvalue weighted by Gasteiger charge is 2.21. The number of cyclic esters (lactones) is 1. The number of rotatable bonds is 2. The van der Waals surface area contributed by atoms with Crippen molar-refractivity contribution in [2.24, 2.45) is 0 Å². The van der Waals surface area contributed by atoms with Crippen LogP contribution < -0.4 is 0 Å². The SMILES string of the molecule is O=C1OC(c2ccc(Br)cc2)=CC1=Cc1ccc(F)cc1. The molecule has 0 radical (unpaired) electrons. The van der Waals surface area contributed by atoms with Crippen molar-refractivity contribution in [3.05, 3.63) is 81.6 Å². The van der Waals surface area contributed by atoms with Gasteiger partial charge in [-0.25, -0.2) is 9.18 Å². The molecule has 21 heavy (non-hydrogen) atoms. The van der Waals surface area contributed by atoms with Gasteiger partial charge in [0.25, 0.3) is 0 Å². The van der Waals surface area contributed by atoms with Crippen molar-refractivity contribution in [2.45, 2.75) is 0 Å². The van der Waals surface area contributed by atoms with Gasteiger partial charge in [-0.2, -0.15) is 0 Å². The Kier molecular flexibility index (Phi) is 3.71. The van der Waals surface area contributed by atoms with Gasteiger partial charge in [0.05, 0.1) is 5.57 Å². The quantitative estimate of drug-likeness (QED) is 0.589. The summed E-state index contributed by atoms with van der Waals surface area (Å²) in [6, 6.07) is 13.4. The van der Waals surface area contributed by atoms with Crippen LogP contribution in [-0.4, -0.2) is 5.97 Å². The maximum atomic E-state index is 12.9. The third-order valence-corrected chi connectivity index (χ3v) is 3.57. The van der Waals surface area contributed by atoms with Crippen LogP contribution in [0.5, 0.6) is 0 Å². The van der Waals surface area contributed by atoms with Gasteiger partial charge < -0.3 is 4.74 Å². The molecule has 1 aliphatic rings. The molecule has 0 aromatic heterocycles. The van der Waals surface area contributed by atoms with E-state index in [4.69, 9.17) is 4.74 Å². The van der Waals surface area contributed by atoms with Crippen LogP contribution >= 0.6 is 15.9 Å². The fraction of sp³-hybridized carbons (Fsp3) is 0. The molecule has 104 valence electrons. The van der Waals surface area contributed by atoms with E-state index < -0.39 is 5.97 Å². The van der Waals surface area contributed by atoms with Gasteiger partial charge in [-0.1, -0.05) is 40.2 Å². The summed E-state index contributed by atoms with van der Waals surface area (Å²) in [6.07, 6.45) is 3.36. The first-order chi connectivity index (χ1) is 10.1. The minimum atomic E-state index is -0.405. The van der Waals surface area contributed by atoms with Crippen LogP contribution in [-0.2, 0) is 9.53 Å². The number of hydrogen-bond acceptors (Lipinski definition) is 2. The zero-order chi connectivity index (χ0) is 14.8. The van der Waals surface area contributed by atoms with Gasteiger partial charge in [-0.15, -0.1) is 0 Å². The maximum absolute atomic E-state index is 12.9. The van der Waals surface area contributed by atoms with Crippen molar-refractivity contribution in [2.75, 3.05) is 0 Å². The van der Waals surface area contributed by atoms with E-state index in [-0.39, 0.29) is 5.82 Å². The molecule has 2 aromatic rings. The average Bonchev–Trinajstić information content (AvgIpc) is 2.83. The van der Waals surface area contributed by atoms with E-state index >= 15 is 0 Å². The summed E-state index contributed by atoms with van der Waals surface area (Å²) in [7, 11) is 0. The predicted molar refractivity (Wildman–Crippen MR) is 82.6 cm³/mol. The van der Waals surface area contributed by atoms with Gasteiger partial charge >= 0.3 is 5.97 Å². The summed E-state index contributed by atoms with van der Waals surface area (Å²) in [5.74, 6) is -0.199. The highest BCUT2D eigenvalue weighted by Crippen LogP contribution is 2.28. The van der Waals surface area contributed by atoms with Gasteiger partial charge in [-0.05, 0) is 42.0 Å². The van der Waals surface area contributed by atoms with Crippen LogP contribution in [0, 0.1) is 5.82 Å². The molecule has 4 heteroatoms. The lowest BCUT2D eigenvalue weighted by Crippen LogP contribution is -1.97. The van der Waals surface area contributed by atoms with Gasteiger partial charge in [0.15, 0.2) is 0 Å². The van der Waals surface area contributed by atoms with Crippen molar-refractivity contribution in [1.82, 2.24) is 0 Å². The third-order valence-electron chi connectivity index (χ3n) is 3.05. The Hall–Kier alpha value is -2.20. The van der Waals surface area contributed by atoms with Crippen LogP contribution in [0.3, 0.4) is 0 Å². The highest BCUT2D eigenvalue weighted by atomic mass is 79.9. The molecule has 2 nitrogen and oxygen atoms in total. The van der Waals surface area contributed by atoms with E-state index in [0.29, 0.717) is 11.3 Å². The van der Waals surface area contributed by atoms with Gasteiger partial charge in [0.2, 0.25) is 0 Å². The van der Waals surface area contributed by atoms with Crippen LogP contribution in [0.15, 0.2) is 64.7 Å². The number of carbonyl (C=O) groups excluding carboxylic acids is 1. The van der Waals surface area contributed by atoms with Crippen LogP contribution in [0.25, 0.3) is 11.8 Å². The molecular formula is C17H10BrFO2. The summed E-state index contributed by atoms with van der Waals surface area (Å²) in [5.41, 5.74) is 2.02. The average molecular weight is 345 g/mol. The smallest absolute Gasteiger partial charge is 0.343 e. The molecule has 0 saturated carbocycles. The molecule has 0 spiro atoms. The van der Waals surface area contributed by atoms with E-state index in [9.17, 15) is 9.18 Å². The number of hydrogen-bond donors (Lipinski definition) is 0. The number of esters is 1. The monoisotopic (exact) mass is 344 g/mol. The first kappa shape index (κ1) is 13.8. The molecule has 0 bridgehead atoms. The van der Waals surface area contributed by atoms with Crippen molar-refractivity contribution in [1.29, 1.82) is 0 Å². The Morgan fingerprint density at radius 1 is 1.00 bits per heavy atom. The zero-order valence-corrected chi connectivity index (χ0v) is 12.4. The summed E-state index contributed by atoms with van der Waals surface area (Å²) in [6.45, 7) is 0. The Bertz CT molecular complexity index is 743. The standard InChI is InChI=1S/C17H10BrFO2/c18-14-5-3-12(4-6-14)16-10-13(17(20)21-16)9-11-1-7-15(19)8-2-11/h1-10H. The second-order valence-electron chi connectivity index (χ2n) is 4.56. The lowest BCUT2D eigenvalue weighted by Gasteiger charge is -2.01. The predicted octanol–water partition coefficient (Wildman–Crippen LogP) is 4.57. The molecule has 0 amide bonds. The van der Waals surface area contributed by atoms with E-state index in [0.717, 1.165) is 15.6 Å². The minimum Gasteiger partial charge on any atom is -0.422 e. The van der Waals surface area contributed by atoms with Crippen molar-refractivity contribution >= 4 is 33.7 Å².